The lowest BCUT2D eigenvalue weighted by Gasteiger charge is -2.23. The molecule has 3 nitrogen and oxygen atoms in total. The molecule has 0 heterocycles. The summed E-state index contributed by atoms with van der Waals surface area (Å²) in [5, 5.41) is 0. The first-order valence-corrected chi connectivity index (χ1v) is 7.11. The van der Waals surface area contributed by atoms with E-state index in [1.165, 1.54) is 17.5 Å². The highest BCUT2D eigenvalue weighted by Gasteiger charge is 2.17. The van der Waals surface area contributed by atoms with Crippen LogP contribution in [-0.4, -0.2) is 18.8 Å². The summed E-state index contributed by atoms with van der Waals surface area (Å²) in [6.45, 7) is 7.32. The quantitative estimate of drug-likeness (QED) is 0.848. The third-order valence-electron chi connectivity index (χ3n) is 3.37. The van der Waals surface area contributed by atoms with Crippen molar-refractivity contribution in [2.24, 2.45) is 5.73 Å². The second kappa shape index (κ2) is 5.93. The Hall–Kier alpha value is -1.06. The maximum atomic E-state index is 6.15. The predicted octanol–water partition coefficient (Wildman–Crippen LogP) is 3.22. The Balaban J connectivity index is 1.89. The van der Waals surface area contributed by atoms with Crippen LogP contribution in [0.15, 0.2) is 18.2 Å². The summed E-state index contributed by atoms with van der Waals surface area (Å²) >= 11 is 0. The van der Waals surface area contributed by atoms with Crippen molar-refractivity contribution < 1.29 is 9.47 Å². The second-order valence-corrected chi connectivity index (χ2v) is 6.17. The molecule has 0 aliphatic heterocycles. The fourth-order valence-electron chi connectivity index (χ4n) is 2.41. The Labute approximate surface area is 116 Å². The van der Waals surface area contributed by atoms with E-state index >= 15 is 0 Å². The molecule has 2 N–H and O–H groups in total. The smallest absolute Gasteiger partial charge is 0.119 e. The van der Waals surface area contributed by atoms with Crippen LogP contribution in [0.5, 0.6) is 5.75 Å². The zero-order chi connectivity index (χ0) is 13.9. The molecule has 1 atom stereocenters. The maximum Gasteiger partial charge on any atom is 0.119 e. The van der Waals surface area contributed by atoms with E-state index in [-0.39, 0.29) is 11.6 Å². The molecule has 0 unspecified atom stereocenters. The molecule has 0 spiro atoms. The molecule has 19 heavy (non-hydrogen) atoms. The van der Waals surface area contributed by atoms with Crippen molar-refractivity contribution in [1.29, 1.82) is 0 Å². The van der Waals surface area contributed by atoms with Gasteiger partial charge in [0.2, 0.25) is 0 Å². The lowest BCUT2D eigenvalue weighted by atomic mass is 9.88. The van der Waals surface area contributed by atoms with E-state index in [0.717, 1.165) is 18.6 Å². The number of hydrogen-bond donors (Lipinski definition) is 1. The Bertz CT molecular complexity index is 423. The monoisotopic (exact) mass is 263 g/mol. The fourth-order valence-corrected chi connectivity index (χ4v) is 2.41. The molecule has 0 aromatic heterocycles. The molecule has 0 saturated carbocycles. The van der Waals surface area contributed by atoms with Gasteiger partial charge < -0.3 is 15.2 Å². The fraction of sp³-hybridized carbons (Fsp3) is 0.625. The lowest BCUT2D eigenvalue weighted by Crippen LogP contribution is -2.22. The molecule has 0 bridgehead atoms. The summed E-state index contributed by atoms with van der Waals surface area (Å²) < 4.78 is 11.4. The van der Waals surface area contributed by atoms with Gasteiger partial charge in [0.1, 0.15) is 12.4 Å². The number of aryl methyl sites for hydroxylation is 1. The molecule has 1 aromatic carbocycles. The number of nitrogens with two attached hydrogens (primary N) is 1. The molecule has 0 saturated heterocycles. The molecular weight excluding hydrogens is 238 g/mol. The summed E-state index contributed by atoms with van der Waals surface area (Å²) in [5.74, 6) is 0.897. The number of fused-ring (bicyclic) bond motifs is 1. The molecule has 2 rings (SSSR count). The summed E-state index contributed by atoms with van der Waals surface area (Å²) in [4.78, 5) is 0. The van der Waals surface area contributed by atoms with Crippen molar-refractivity contribution in [3.63, 3.8) is 0 Å². The van der Waals surface area contributed by atoms with Gasteiger partial charge in [0.05, 0.1) is 12.2 Å². The van der Waals surface area contributed by atoms with Crippen molar-refractivity contribution in [2.75, 3.05) is 13.2 Å². The number of rotatable bonds is 4. The Morgan fingerprint density at radius 2 is 2.05 bits per heavy atom. The normalized spacial score (nSPS) is 19.1. The van der Waals surface area contributed by atoms with Gasteiger partial charge in [-0.25, -0.2) is 0 Å². The molecule has 106 valence electrons. The molecule has 0 fully saturated rings. The van der Waals surface area contributed by atoms with Crippen molar-refractivity contribution >= 4 is 0 Å². The minimum absolute atomic E-state index is 0.110. The zero-order valence-electron chi connectivity index (χ0n) is 12.2. The first-order valence-electron chi connectivity index (χ1n) is 7.11. The third-order valence-corrected chi connectivity index (χ3v) is 3.37. The van der Waals surface area contributed by atoms with Crippen molar-refractivity contribution in [3.8, 4) is 5.75 Å². The summed E-state index contributed by atoms with van der Waals surface area (Å²) in [5.41, 5.74) is 8.66. The van der Waals surface area contributed by atoms with Crippen LogP contribution in [0.2, 0.25) is 0 Å². The van der Waals surface area contributed by atoms with Crippen molar-refractivity contribution in [3.05, 3.63) is 29.3 Å². The van der Waals surface area contributed by atoms with Crippen LogP contribution in [0.4, 0.5) is 0 Å². The van der Waals surface area contributed by atoms with Gasteiger partial charge in [-0.15, -0.1) is 0 Å². The zero-order valence-corrected chi connectivity index (χ0v) is 12.2. The lowest BCUT2D eigenvalue weighted by molar-refractivity contribution is -0.0163. The molecule has 3 heteroatoms. The van der Waals surface area contributed by atoms with Gasteiger partial charge in [0, 0.05) is 6.04 Å². The Kier molecular flexibility index (Phi) is 4.48. The highest BCUT2D eigenvalue weighted by atomic mass is 16.5. The van der Waals surface area contributed by atoms with Gasteiger partial charge >= 0.3 is 0 Å². The standard InChI is InChI=1S/C16H25NO2/c1-16(2,3)19-10-9-18-13-8-7-12-5-4-6-15(17)14(12)11-13/h7-8,11,15H,4-6,9-10,17H2,1-3H3/t15-/m0/s1. The first kappa shape index (κ1) is 14.4. The van der Waals surface area contributed by atoms with Gasteiger partial charge in [-0.2, -0.15) is 0 Å². The predicted molar refractivity (Wildman–Crippen MR) is 77.5 cm³/mol. The van der Waals surface area contributed by atoms with E-state index in [4.69, 9.17) is 15.2 Å². The number of benzene rings is 1. The van der Waals surface area contributed by atoms with Crippen LogP contribution in [0.3, 0.4) is 0 Å². The van der Waals surface area contributed by atoms with Gasteiger partial charge in [-0.1, -0.05) is 6.07 Å². The number of hydrogen-bond acceptors (Lipinski definition) is 3. The van der Waals surface area contributed by atoms with E-state index in [0.29, 0.717) is 13.2 Å². The van der Waals surface area contributed by atoms with E-state index in [2.05, 4.69) is 12.1 Å². The largest absolute Gasteiger partial charge is 0.491 e. The molecule has 1 aliphatic rings. The van der Waals surface area contributed by atoms with Crippen molar-refractivity contribution in [1.82, 2.24) is 0 Å². The van der Waals surface area contributed by atoms with E-state index in [9.17, 15) is 0 Å². The summed E-state index contributed by atoms with van der Waals surface area (Å²) in [6, 6.07) is 6.44. The summed E-state index contributed by atoms with van der Waals surface area (Å²) in [6.07, 6.45) is 3.40. The van der Waals surface area contributed by atoms with Crippen LogP contribution in [0.1, 0.15) is 50.8 Å². The topological polar surface area (TPSA) is 44.5 Å². The van der Waals surface area contributed by atoms with Crippen LogP contribution in [0.25, 0.3) is 0 Å². The van der Waals surface area contributed by atoms with Crippen molar-refractivity contribution in [2.45, 2.75) is 51.7 Å². The van der Waals surface area contributed by atoms with Gasteiger partial charge in [-0.3, -0.25) is 0 Å². The SMILES string of the molecule is CC(C)(C)OCCOc1ccc2c(c1)[C@@H](N)CCC2. The average molecular weight is 263 g/mol. The Morgan fingerprint density at radius 1 is 1.26 bits per heavy atom. The summed E-state index contributed by atoms with van der Waals surface area (Å²) in [7, 11) is 0. The molecule has 1 aromatic rings. The average Bonchev–Trinajstić information content (AvgIpc) is 2.34. The van der Waals surface area contributed by atoms with Crippen LogP contribution in [0, 0.1) is 0 Å². The maximum absolute atomic E-state index is 6.15. The van der Waals surface area contributed by atoms with E-state index in [1.807, 2.05) is 26.8 Å². The molecule has 1 aliphatic carbocycles. The second-order valence-electron chi connectivity index (χ2n) is 6.17. The Morgan fingerprint density at radius 3 is 2.79 bits per heavy atom. The highest BCUT2D eigenvalue weighted by Crippen LogP contribution is 2.30. The highest BCUT2D eigenvalue weighted by molar-refractivity contribution is 5.39. The molecule has 0 amide bonds. The minimum atomic E-state index is -0.110. The third kappa shape index (κ3) is 4.22. The van der Waals surface area contributed by atoms with Gasteiger partial charge in [0.25, 0.3) is 0 Å². The molecular formula is C16H25NO2. The molecule has 0 radical (unpaired) electrons. The minimum Gasteiger partial charge on any atom is -0.491 e. The van der Waals surface area contributed by atoms with E-state index in [1.54, 1.807) is 0 Å². The van der Waals surface area contributed by atoms with Crippen LogP contribution < -0.4 is 10.5 Å². The van der Waals surface area contributed by atoms with Gasteiger partial charge in [0.15, 0.2) is 0 Å². The van der Waals surface area contributed by atoms with Crippen LogP contribution >= 0.6 is 0 Å². The first-order chi connectivity index (χ1) is 8.96. The van der Waals surface area contributed by atoms with E-state index < -0.39 is 0 Å². The number of ether oxygens (including phenoxy) is 2. The van der Waals surface area contributed by atoms with Gasteiger partial charge in [-0.05, 0) is 63.3 Å². The van der Waals surface area contributed by atoms with Crippen LogP contribution in [-0.2, 0) is 11.2 Å².